The molecule has 1 aromatic rings. The number of hydrogen-bond acceptors (Lipinski definition) is 0. The van der Waals surface area contributed by atoms with Gasteiger partial charge in [0.25, 0.3) is 0 Å². The van der Waals surface area contributed by atoms with Gasteiger partial charge in [0.1, 0.15) is 0 Å². The maximum absolute atomic E-state index is 3.96. The molecule has 0 nitrogen and oxygen atoms in total. The van der Waals surface area contributed by atoms with Crippen LogP contribution in [0.25, 0.3) is 11.6 Å². The topological polar surface area (TPSA) is 0 Å². The zero-order valence-corrected chi connectivity index (χ0v) is 8.43. The van der Waals surface area contributed by atoms with E-state index in [1.54, 1.807) is 0 Å². The molecule has 0 aromatic heterocycles. The van der Waals surface area contributed by atoms with E-state index in [1.807, 2.05) is 13.0 Å². The highest BCUT2D eigenvalue weighted by Crippen LogP contribution is 2.19. The van der Waals surface area contributed by atoms with Gasteiger partial charge in [0.05, 0.1) is 0 Å². The first-order chi connectivity index (χ1) is 6.19. The number of benzene rings is 1. The van der Waals surface area contributed by atoms with Crippen LogP contribution in [-0.2, 0) is 6.42 Å². The molecule has 0 aliphatic carbocycles. The molecule has 0 N–H and O–H groups in total. The zero-order valence-electron chi connectivity index (χ0n) is 8.43. The fourth-order valence-electron chi connectivity index (χ4n) is 1.45. The molecule has 0 aliphatic heterocycles. The molecule has 0 heteroatoms. The summed E-state index contributed by atoms with van der Waals surface area (Å²) in [6, 6.07) is 6.38. The maximum Gasteiger partial charge on any atom is -0.0201 e. The number of allylic oxidation sites excluding steroid dienone is 1. The van der Waals surface area contributed by atoms with E-state index in [1.165, 1.54) is 16.7 Å². The minimum atomic E-state index is 1.05. The van der Waals surface area contributed by atoms with Gasteiger partial charge in [-0.25, -0.2) is 0 Å². The second-order valence-corrected chi connectivity index (χ2v) is 3.25. The van der Waals surface area contributed by atoms with Crippen molar-refractivity contribution in [3.8, 4) is 0 Å². The van der Waals surface area contributed by atoms with Crippen molar-refractivity contribution in [3.05, 3.63) is 48.0 Å². The Bertz CT molecular complexity index is 332. The Morgan fingerprint density at radius 3 is 2.62 bits per heavy atom. The van der Waals surface area contributed by atoms with Gasteiger partial charge >= 0.3 is 0 Å². The first-order valence-electron chi connectivity index (χ1n) is 4.60. The molecule has 0 bridgehead atoms. The second-order valence-electron chi connectivity index (χ2n) is 3.25. The molecule has 1 rings (SSSR count). The van der Waals surface area contributed by atoms with E-state index in [0.29, 0.717) is 0 Å². The molecule has 0 unspecified atom stereocenters. The minimum Gasteiger partial charge on any atom is -0.0985 e. The average Bonchev–Trinajstić information content (AvgIpc) is 2.16. The molecule has 0 heterocycles. The van der Waals surface area contributed by atoms with Gasteiger partial charge in [-0.2, -0.15) is 0 Å². The first-order valence-corrected chi connectivity index (χ1v) is 4.60. The third kappa shape index (κ3) is 2.09. The molecule has 0 saturated heterocycles. The monoisotopic (exact) mass is 172 g/mol. The maximum atomic E-state index is 3.96. The quantitative estimate of drug-likeness (QED) is 0.648. The van der Waals surface area contributed by atoms with E-state index in [9.17, 15) is 0 Å². The van der Waals surface area contributed by atoms with Crippen LogP contribution in [0.3, 0.4) is 0 Å². The van der Waals surface area contributed by atoms with Gasteiger partial charge in [-0.15, -0.1) is 0 Å². The first kappa shape index (κ1) is 9.79. The zero-order chi connectivity index (χ0) is 9.84. The molecule has 0 spiro atoms. The summed E-state index contributed by atoms with van der Waals surface area (Å²) in [5.41, 5.74) is 4.94. The largest absolute Gasteiger partial charge is 0.0985 e. The predicted octanol–water partition coefficient (Wildman–Crippen LogP) is 3.93. The van der Waals surface area contributed by atoms with Crippen LogP contribution in [0.1, 0.15) is 30.5 Å². The fraction of sp³-hybridized carbons (Fsp3) is 0.231. The number of rotatable bonds is 3. The third-order valence-electron chi connectivity index (χ3n) is 2.21. The Morgan fingerprint density at radius 2 is 2.15 bits per heavy atom. The van der Waals surface area contributed by atoms with Crippen LogP contribution >= 0.6 is 0 Å². The van der Waals surface area contributed by atoms with Gasteiger partial charge in [-0.3, -0.25) is 0 Å². The van der Waals surface area contributed by atoms with Crippen molar-refractivity contribution in [2.75, 3.05) is 0 Å². The van der Waals surface area contributed by atoms with Crippen molar-refractivity contribution in [1.82, 2.24) is 0 Å². The van der Waals surface area contributed by atoms with Gasteiger partial charge in [-0.1, -0.05) is 49.9 Å². The summed E-state index contributed by atoms with van der Waals surface area (Å²) in [5, 5.41) is 0. The Labute approximate surface area is 80.6 Å². The van der Waals surface area contributed by atoms with E-state index < -0.39 is 0 Å². The van der Waals surface area contributed by atoms with Crippen LogP contribution in [0.2, 0.25) is 0 Å². The van der Waals surface area contributed by atoms with Gasteiger partial charge < -0.3 is 0 Å². The Hall–Kier alpha value is -1.30. The van der Waals surface area contributed by atoms with Gasteiger partial charge in [0.15, 0.2) is 0 Å². The van der Waals surface area contributed by atoms with E-state index in [4.69, 9.17) is 0 Å². The molecule has 0 aliphatic rings. The molecular weight excluding hydrogens is 156 g/mol. The average molecular weight is 172 g/mol. The standard InChI is InChI=1S/C13H16/c1-5-11-7-8-13(10(3)4)12(6-2)9-11/h5,7-9H,1,3,6H2,2,4H3. The Balaban J connectivity index is 3.23. The van der Waals surface area contributed by atoms with Crippen LogP contribution in [0.5, 0.6) is 0 Å². The summed E-state index contributed by atoms with van der Waals surface area (Å²) in [7, 11) is 0. The van der Waals surface area contributed by atoms with Crippen LogP contribution in [0, 0.1) is 0 Å². The SMILES string of the molecule is C=Cc1ccc(C(=C)C)c(CC)c1. The van der Waals surface area contributed by atoms with Gasteiger partial charge in [0.2, 0.25) is 0 Å². The predicted molar refractivity (Wildman–Crippen MR) is 60.6 cm³/mol. The van der Waals surface area contributed by atoms with E-state index in [-0.39, 0.29) is 0 Å². The lowest BCUT2D eigenvalue weighted by Gasteiger charge is -2.08. The van der Waals surface area contributed by atoms with Gasteiger partial charge in [-0.05, 0) is 30.0 Å². The number of hydrogen-bond donors (Lipinski definition) is 0. The van der Waals surface area contributed by atoms with Crippen LogP contribution in [0.4, 0.5) is 0 Å². The molecule has 0 fully saturated rings. The molecule has 0 radical (unpaired) electrons. The molecule has 0 saturated carbocycles. The van der Waals surface area contributed by atoms with Crippen molar-refractivity contribution in [2.45, 2.75) is 20.3 Å². The smallest absolute Gasteiger partial charge is 0.0201 e. The van der Waals surface area contributed by atoms with Crippen LogP contribution in [0.15, 0.2) is 31.4 Å². The highest BCUT2D eigenvalue weighted by Gasteiger charge is 2.00. The lowest BCUT2D eigenvalue weighted by atomic mass is 9.98. The lowest BCUT2D eigenvalue weighted by molar-refractivity contribution is 1.13. The molecule has 13 heavy (non-hydrogen) atoms. The second kappa shape index (κ2) is 4.08. The van der Waals surface area contributed by atoms with Crippen molar-refractivity contribution in [3.63, 3.8) is 0 Å². The van der Waals surface area contributed by atoms with Crippen molar-refractivity contribution >= 4 is 11.6 Å². The number of aryl methyl sites for hydroxylation is 1. The highest BCUT2D eigenvalue weighted by atomic mass is 14.1. The van der Waals surface area contributed by atoms with Crippen molar-refractivity contribution in [1.29, 1.82) is 0 Å². The van der Waals surface area contributed by atoms with Crippen molar-refractivity contribution < 1.29 is 0 Å². The summed E-state index contributed by atoms with van der Waals surface area (Å²) in [6.07, 6.45) is 2.92. The lowest BCUT2D eigenvalue weighted by Crippen LogP contribution is -1.90. The van der Waals surface area contributed by atoms with E-state index in [0.717, 1.165) is 12.0 Å². The van der Waals surface area contributed by atoms with Crippen LogP contribution < -0.4 is 0 Å². The molecule has 68 valence electrons. The van der Waals surface area contributed by atoms with E-state index >= 15 is 0 Å². The third-order valence-corrected chi connectivity index (χ3v) is 2.21. The summed E-state index contributed by atoms with van der Waals surface area (Å²) in [5.74, 6) is 0. The Morgan fingerprint density at radius 1 is 1.46 bits per heavy atom. The van der Waals surface area contributed by atoms with Crippen LogP contribution in [-0.4, -0.2) is 0 Å². The normalized spacial score (nSPS) is 9.69. The van der Waals surface area contributed by atoms with E-state index in [2.05, 4.69) is 38.3 Å². The summed E-state index contributed by atoms with van der Waals surface area (Å²) in [4.78, 5) is 0. The highest BCUT2D eigenvalue weighted by molar-refractivity contribution is 5.66. The summed E-state index contributed by atoms with van der Waals surface area (Å²) < 4.78 is 0. The van der Waals surface area contributed by atoms with Gasteiger partial charge in [0, 0.05) is 0 Å². The minimum absolute atomic E-state index is 1.05. The molecule has 1 aromatic carbocycles. The Kier molecular flexibility index (Phi) is 3.07. The molecule has 0 atom stereocenters. The molecular formula is C13H16. The fourth-order valence-corrected chi connectivity index (χ4v) is 1.45. The summed E-state index contributed by atoms with van der Waals surface area (Å²) in [6.45, 7) is 11.9. The summed E-state index contributed by atoms with van der Waals surface area (Å²) >= 11 is 0. The van der Waals surface area contributed by atoms with Crippen molar-refractivity contribution in [2.24, 2.45) is 0 Å². The molecule has 0 amide bonds.